The normalized spacial score (nSPS) is 15.2. The first-order valence-electron chi connectivity index (χ1n) is 9.83. The van der Waals surface area contributed by atoms with E-state index in [1.54, 1.807) is 24.3 Å². The SMILES string of the molecule is O=C(Nc1ccc(CCN2CCSCC2)cc1)c1ccc(COCC(F)(F)F)cc1. The third-order valence-corrected chi connectivity index (χ3v) is 5.73. The molecule has 1 heterocycles. The maximum atomic E-state index is 12.4. The van der Waals surface area contributed by atoms with E-state index in [4.69, 9.17) is 0 Å². The summed E-state index contributed by atoms with van der Waals surface area (Å²) in [5.74, 6) is 2.13. The second-order valence-corrected chi connectivity index (χ2v) is 8.38. The van der Waals surface area contributed by atoms with Gasteiger partial charge in [0.25, 0.3) is 5.91 Å². The molecule has 1 saturated heterocycles. The lowest BCUT2D eigenvalue weighted by Crippen LogP contribution is -2.34. The lowest BCUT2D eigenvalue weighted by molar-refractivity contribution is -0.176. The topological polar surface area (TPSA) is 41.6 Å². The maximum Gasteiger partial charge on any atom is 0.411 e. The van der Waals surface area contributed by atoms with Gasteiger partial charge in [-0.2, -0.15) is 24.9 Å². The average molecular weight is 439 g/mol. The van der Waals surface area contributed by atoms with Crippen LogP contribution in [0.25, 0.3) is 0 Å². The summed E-state index contributed by atoms with van der Waals surface area (Å²) >= 11 is 2.00. The van der Waals surface area contributed by atoms with Gasteiger partial charge in [0, 0.05) is 42.4 Å². The fraction of sp³-hybridized carbons (Fsp3) is 0.409. The van der Waals surface area contributed by atoms with E-state index in [1.807, 2.05) is 36.0 Å². The second-order valence-electron chi connectivity index (χ2n) is 7.16. The van der Waals surface area contributed by atoms with E-state index >= 15 is 0 Å². The van der Waals surface area contributed by atoms with E-state index in [-0.39, 0.29) is 12.5 Å². The predicted molar refractivity (Wildman–Crippen MR) is 114 cm³/mol. The van der Waals surface area contributed by atoms with Crippen molar-refractivity contribution in [2.45, 2.75) is 19.2 Å². The van der Waals surface area contributed by atoms with E-state index in [0.29, 0.717) is 16.8 Å². The number of nitrogens with one attached hydrogen (secondary N) is 1. The van der Waals surface area contributed by atoms with Gasteiger partial charge in [-0.25, -0.2) is 0 Å². The molecule has 0 spiro atoms. The van der Waals surface area contributed by atoms with Crippen LogP contribution >= 0.6 is 11.8 Å². The molecule has 0 unspecified atom stereocenters. The molecule has 0 aromatic heterocycles. The van der Waals surface area contributed by atoms with Gasteiger partial charge in [-0.05, 0) is 41.8 Å². The predicted octanol–water partition coefficient (Wildman–Crippen LogP) is 4.61. The molecule has 2 aromatic carbocycles. The molecule has 0 saturated carbocycles. The number of thioether (sulfide) groups is 1. The van der Waals surface area contributed by atoms with Gasteiger partial charge in [0.1, 0.15) is 6.61 Å². The summed E-state index contributed by atoms with van der Waals surface area (Å²) < 4.78 is 40.9. The van der Waals surface area contributed by atoms with E-state index in [2.05, 4.69) is 15.0 Å². The lowest BCUT2D eigenvalue weighted by atomic mass is 10.1. The van der Waals surface area contributed by atoms with Crippen molar-refractivity contribution in [1.82, 2.24) is 4.90 Å². The number of nitrogens with zero attached hydrogens (tertiary/aromatic N) is 1. The number of anilines is 1. The van der Waals surface area contributed by atoms with Crippen LogP contribution in [0.5, 0.6) is 0 Å². The highest BCUT2D eigenvalue weighted by atomic mass is 32.2. The lowest BCUT2D eigenvalue weighted by Gasteiger charge is -2.26. The Morgan fingerprint density at radius 3 is 2.27 bits per heavy atom. The minimum atomic E-state index is -4.35. The summed E-state index contributed by atoms with van der Waals surface area (Å²) in [6.07, 6.45) is -3.36. The summed E-state index contributed by atoms with van der Waals surface area (Å²) in [5.41, 5.74) is 2.94. The van der Waals surface area contributed by atoms with Gasteiger partial charge in [-0.1, -0.05) is 24.3 Å². The molecule has 1 aliphatic rings. The minimum absolute atomic E-state index is 0.154. The van der Waals surface area contributed by atoms with Crippen molar-refractivity contribution >= 4 is 23.4 Å². The molecule has 162 valence electrons. The van der Waals surface area contributed by atoms with Crippen LogP contribution in [0.4, 0.5) is 18.9 Å². The second kappa shape index (κ2) is 10.8. The van der Waals surface area contributed by atoms with E-state index < -0.39 is 12.8 Å². The van der Waals surface area contributed by atoms with Gasteiger partial charge in [-0.3, -0.25) is 4.79 Å². The third kappa shape index (κ3) is 7.66. The Kier molecular flexibility index (Phi) is 8.18. The van der Waals surface area contributed by atoms with Crippen LogP contribution in [0.1, 0.15) is 21.5 Å². The van der Waals surface area contributed by atoms with E-state index in [1.165, 1.54) is 17.1 Å². The Morgan fingerprint density at radius 2 is 1.63 bits per heavy atom. The molecule has 0 atom stereocenters. The van der Waals surface area contributed by atoms with E-state index in [9.17, 15) is 18.0 Å². The summed E-state index contributed by atoms with van der Waals surface area (Å²) in [5, 5.41) is 2.84. The van der Waals surface area contributed by atoms with Crippen LogP contribution in [0.15, 0.2) is 48.5 Å². The van der Waals surface area contributed by atoms with Crippen molar-refractivity contribution in [3.05, 3.63) is 65.2 Å². The molecule has 1 aliphatic heterocycles. The molecule has 4 nitrogen and oxygen atoms in total. The first kappa shape index (κ1) is 22.7. The third-order valence-electron chi connectivity index (χ3n) is 4.78. The van der Waals surface area contributed by atoms with Crippen molar-refractivity contribution in [3.63, 3.8) is 0 Å². The number of alkyl halides is 3. The molecule has 0 aliphatic carbocycles. The largest absolute Gasteiger partial charge is 0.411 e. The number of ether oxygens (including phenoxy) is 1. The highest BCUT2D eigenvalue weighted by Crippen LogP contribution is 2.17. The smallest absolute Gasteiger partial charge is 0.367 e. The number of carbonyl (C=O) groups is 1. The molecule has 0 bridgehead atoms. The number of hydrogen-bond acceptors (Lipinski definition) is 4. The van der Waals surface area contributed by atoms with Crippen LogP contribution < -0.4 is 5.32 Å². The summed E-state index contributed by atoms with van der Waals surface area (Å²) in [7, 11) is 0. The van der Waals surface area contributed by atoms with Crippen molar-refractivity contribution in [1.29, 1.82) is 0 Å². The van der Waals surface area contributed by atoms with Crippen LogP contribution in [-0.4, -0.2) is 54.7 Å². The van der Waals surface area contributed by atoms with Crippen molar-refractivity contribution < 1.29 is 22.7 Å². The molecule has 0 radical (unpaired) electrons. The van der Waals surface area contributed by atoms with Crippen LogP contribution in [0.3, 0.4) is 0 Å². The molecule has 3 rings (SSSR count). The van der Waals surface area contributed by atoms with Gasteiger partial charge >= 0.3 is 6.18 Å². The Labute approximate surface area is 178 Å². The molecule has 1 amide bonds. The zero-order valence-electron chi connectivity index (χ0n) is 16.6. The Balaban J connectivity index is 1.45. The summed E-state index contributed by atoms with van der Waals surface area (Å²) in [6.45, 7) is 1.89. The van der Waals surface area contributed by atoms with Gasteiger partial charge in [0.05, 0.1) is 6.61 Å². The number of carbonyl (C=O) groups excluding carboxylic acids is 1. The van der Waals surface area contributed by atoms with Crippen molar-refractivity contribution in [2.75, 3.05) is 43.1 Å². The maximum absolute atomic E-state index is 12.4. The molecular formula is C22H25F3N2O2S. The zero-order valence-corrected chi connectivity index (χ0v) is 17.4. The number of hydrogen-bond donors (Lipinski definition) is 1. The van der Waals surface area contributed by atoms with Gasteiger partial charge < -0.3 is 15.0 Å². The minimum Gasteiger partial charge on any atom is -0.367 e. The molecule has 30 heavy (non-hydrogen) atoms. The quantitative estimate of drug-likeness (QED) is 0.654. The Bertz CT molecular complexity index is 805. The highest BCUT2D eigenvalue weighted by Gasteiger charge is 2.27. The Morgan fingerprint density at radius 1 is 1.00 bits per heavy atom. The number of rotatable bonds is 8. The highest BCUT2D eigenvalue weighted by molar-refractivity contribution is 7.99. The van der Waals surface area contributed by atoms with Crippen LogP contribution in [0, 0.1) is 0 Å². The molecular weight excluding hydrogens is 413 g/mol. The van der Waals surface area contributed by atoms with Gasteiger partial charge in [-0.15, -0.1) is 0 Å². The number of amides is 1. The first-order valence-corrected chi connectivity index (χ1v) is 11.0. The van der Waals surface area contributed by atoms with Gasteiger partial charge in [0.2, 0.25) is 0 Å². The average Bonchev–Trinajstić information content (AvgIpc) is 2.73. The molecule has 1 N–H and O–H groups in total. The zero-order chi connectivity index (χ0) is 21.4. The fourth-order valence-electron chi connectivity index (χ4n) is 3.11. The van der Waals surface area contributed by atoms with Crippen LogP contribution in [-0.2, 0) is 17.8 Å². The standard InChI is InChI=1S/C22H25F3N2O2S/c23-22(24,25)16-29-15-18-1-5-19(6-2-18)21(28)26-20-7-3-17(4-8-20)9-10-27-11-13-30-14-12-27/h1-8H,9-16H2,(H,26,28). The van der Waals surface area contributed by atoms with Gasteiger partial charge in [0.15, 0.2) is 0 Å². The molecule has 8 heteroatoms. The van der Waals surface area contributed by atoms with Crippen LogP contribution in [0.2, 0.25) is 0 Å². The summed E-state index contributed by atoms with van der Waals surface area (Å²) in [4.78, 5) is 14.9. The van der Waals surface area contributed by atoms with Crippen molar-refractivity contribution in [3.8, 4) is 0 Å². The monoisotopic (exact) mass is 438 g/mol. The van der Waals surface area contributed by atoms with E-state index in [0.717, 1.165) is 26.1 Å². The Hall–Kier alpha value is -2.03. The molecule has 2 aromatic rings. The number of halogens is 3. The molecule has 1 fully saturated rings. The van der Waals surface area contributed by atoms with Crippen molar-refractivity contribution in [2.24, 2.45) is 0 Å². The first-order chi connectivity index (χ1) is 14.4. The fourth-order valence-corrected chi connectivity index (χ4v) is 4.09. The number of benzene rings is 2. The summed E-state index contributed by atoms with van der Waals surface area (Å²) in [6, 6.07) is 14.2.